The Kier molecular flexibility index (Phi) is 4.50. The number of esters is 2. The molecule has 0 radical (unpaired) electrons. The first-order chi connectivity index (χ1) is 11.8. The van der Waals surface area contributed by atoms with Crippen LogP contribution in [0.2, 0.25) is 5.02 Å². The zero-order valence-electron chi connectivity index (χ0n) is 13.7. The quantitative estimate of drug-likeness (QED) is 0.512. The first-order valence-electron chi connectivity index (χ1n) is 7.53. The van der Waals surface area contributed by atoms with Gasteiger partial charge < -0.3 is 14.8 Å². The monoisotopic (exact) mass is 361 g/mol. The highest BCUT2D eigenvalue weighted by molar-refractivity contribution is 6.30. The molecular formula is C17H16ClN3O4. The number of rotatable bonds is 4. The highest BCUT2D eigenvalue weighted by Crippen LogP contribution is 2.23. The van der Waals surface area contributed by atoms with Crippen molar-refractivity contribution in [3.63, 3.8) is 0 Å². The van der Waals surface area contributed by atoms with Gasteiger partial charge in [-0.25, -0.2) is 9.59 Å². The molecule has 0 aliphatic carbocycles. The molecule has 1 aliphatic heterocycles. The van der Waals surface area contributed by atoms with Crippen LogP contribution >= 0.6 is 11.6 Å². The molecule has 2 aromatic rings. The first kappa shape index (κ1) is 17.0. The normalized spacial score (nSPS) is 16.2. The van der Waals surface area contributed by atoms with Crippen molar-refractivity contribution in [1.29, 1.82) is 0 Å². The molecule has 2 heterocycles. The van der Waals surface area contributed by atoms with Gasteiger partial charge in [-0.05, 0) is 17.7 Å². The number of carbonyl (C=O) groups excluding carboxylic acids is 2. The van der Waals surface area contributed by atoms with E-state index in [0.717, 1.165) is 5.56 Å². The van der Waals surface area contributed by atoms with E-state index in [2.05, 4.69) is 10.4 Å². The molecule has 25 heavy (non-hydrogen) atoms. The Morgan fingerprint density at radius 2 is 2.00 bits per heavy atom. The SMILES string of the molecule is CC1(C)OC(=O)C(=CNc2cccc(Cn3cc(Cl)cn3)c2)C(=O)O1. The molecule has 0 spiro atoms. The van der Waals surface area contributed by atoms with Crippen LogP contribution in [-0.4, -0.2) is 27.5 Å². The molecule has 3 rings (SSSR count). The van der Waals surface area contributed by atoms with E-state index in [1.54, 1.807) is 23.1 Å². The number of carbonyl (C=O) groups is 2. The summed E-state index contributed by atoms with van der Waals surface area (Å²) in [5.74, 6) is -2.71. The Balaban J connectivity index is 1.72. The lowest BCUT2D eigenvalue weighted by atomic mass is 10.2. The van der Waals surface area contributed by atoms with E-state index in [4.69, 9.17) is 21.1 Å². The van der Waals surface area contributed by atoms with Crippen LogP contribution in [0.15, 0.2) is 48.4 Å². The second-order valence-electron chi connectivity index (χ2n) is 5.94. The minimum absolute atomic E-state index is 0.191. The standard InChI is InChI=1S/C17H16ClN3O4/c1-17(2)24-15(22)14(16(23)25-17)8-19-13-5-3-4-11(6-13)9-21-10-12(18)7-20-21/h3-8,10,19H,9H2,1-2H3. The number of hydrogen-bond acceptors (Lipinski definition) is 6. The predicted octanol–water partition coefficient (Wildman–Crippen LogP) is 2.72. The number of nitrogens with zero attached hydrogens (tertiary/aromatic N) is 2. The molecule has 0 saturated carbocycles. The van der Waals surface area contributed by atoms with Crippen LogP contribution in [0.25, 0.3) is 0 Å². The van der Waals surface area contributed by atoms with Crippen molar-refractivity contribution < 1.29 is 19.1 Å². The lowest BCUT2D eigenvalue weighted by Crippen LogP contribution is -2.42. The van der Waals surface area contributed by atoms with E-state index >= 15 is 0 Å². The fourth-order valence-corrected chi connectivity index (χ4v) is 2.46. The van der Waals surface area contributed by atoms with E-state index in [0.29, 0.717) is 17.3 Å². The van der Waals surface area contributed by atoms with Crippen molar-refractivity contribution in [2.45, 2.75) is 26.2 Å². The number of ether oxygens (including phenoxy) is 2. The number of hydrogen-bond donors (Lipinski definition) is 1. The van der Waals surface area contributed by atoms with Crippen molar-refractivity contribution in [3.05, 3.63) is 59.0 Å². The number of benzene rings is 1. The molecule has 1 aliphatic rings. The van der Waals surface area contributed by atoms with E-state index in [1.807, 2.05) is 18.2 Å². The van der Waals surface area contributed by atoms with Gasteiger partial charge in [-0.2, -0.15) is 5.10 Å². The molecule has 0 unspecified atom stereocenters. The summed E-state index contributed by atoms with van der Waals surface area (Å²) in [7, 11) is 0. The Labute approximate surface area is 149 Å². The highest BCUT2D eigenvalue weighted by Gasteiger charge is 2.38. The number of aromatic nitrogens is 2. The Bertz CT molecular complexity index is 835. The summed E-state index contributed by atoms with van der Waals surface area (Å²) in [4.78, 5) is 23.8. The smallest absolute Gasteiger partial charge is 0.350 e. The largest absolute Gasteiger partial charge is 0.419 e. The minimum Gasteiger partial charge on any atom is -0.419 e. The molecule has 1 saturated heterocycles. The van der Waals surface area contributed by atoms with E-state index in [-0.39, 0.29) is 5.57 Å². The maximum absolute atomic E-state index is 11.9. The zero-order valence-corrected chi connectivity index (χ0v) is 14.4. The molecular weight excluding hydrogens is 346 g/mol. The van der Waals surface area contributed by atoms with Gasteiger partial charge >= 0.3 is 11.9 Å². The van der Waals surface area contributed by atoms with Crippen molar-refractivity contribution in [1.82, 2.24) is 9.78 Å². The predicted molar refractivity (Wildman–Crippen MR) is 90.7 cm³/mol. The molecule has 1 fully saturated rings. The van der Waals surface area contributed by atoms with Crippen molar-refractivity contribution in [2.75, 3.05) is 5.32 Å². The van der Waals surface area contributed by atoms with Gasteiger partial charge in [-0.3, -0.25) is 4.68 Å². The molecule has 1 aromatic carbocycles. The third-order valence-corrected chi connectivity index (χ3v) is 3.57. The fraction of sp³-hybridized carbons (Fsp3) is 0.235. The highest BCUT2D eigenvalue weighted by atomic mass is 35.5. The summed E-state index contributed by atoms with van der Waals surface area (Å²) in [6, 6.07) is 7.46. The first-order valence-corrected chi connectivity index (χ1v) is 7.90. The summed E-state index contributed by atoms with van der Waals surface area (Å²) >= 11 is 5.85. The summed E-state index contributed by atoms with van der Waals surface area (Å²) in [6.07, 6.45) is 4.57. The number of nitrogens with one attached hydrogen (secondary N) is 1. The molecule has 0 bridgehead atoms. The van der Waals surface area contributed by atoms with Gasteiger partial charge in [0.2, 0.25) is 0 Å². The molecule has 0 amide bonds. The topological polar surface area (TPSA) is 82.5 Å². The molecule has 1 aromatic heterocycles. The molecule has 130 valence electrons. The van der Waals surface area contributed by atoms with Gasteiger partial charge in [-0.15, -0.1) is 0 Å². The Hall–Kier alpha value is -2.80. The molecule has 8 heteroatoms. The van der Waals surface area contributed by atoms with Crippen LogP contribution < -0.4 is 5.32 Å². The minimum atomic E-state index is -1.25. The average molecular weight is 362 g/mol. The second-order valence-corrected chi connectivity index (χ2v) is 6.37. The summed E-state index contributed by atoms with van der Waals surface area (Å²) < 4.78 is 11.8. The number of halogens is 1. The second kappa shape index (κ2) is 6.60. The van der Waals surface area contributed by atoms with Crippen LogP contribution in [0.3, 0.4) is 0 Å². The lowest BCUT2D eigenvalue weighted by molar-refractivity contribution is -0.222. The summed E-state index contributed by atoms with van der Waals surface area (Å²) in [6.45, 7) is 3.53. The van der Waals surface area contributed by atoms with E-state index in [9.17, 15) is 9.59 Å². The van der Waals surface area contributed by atoms with Gasteiger partial charge in [0.1, 0.15) is 0 Å². The fourth-order valence-electron chi connectivity index (χ4n) is 2.31. The van der Waals surface area contributed by atoms with Crippen molar-refractivity contribution in [3.8, 4) is 0 Å². The van der Waals surface area contributed by atoms with Crippen LogP contribution in [0, 0.1) is 0 Å². The summed E-state index contributed by atoms with van der Waals surface area (Å²) in [5.41, 5.74) is 1.48. The summed E-state index contributed by atoms with van der Waals surface area (Å²) in [5, 5.41) is 7.60. The van der Waals surface area contributed by atoms with E-state index in [1.165, 1.54) is 20.0 Å². The molecule has 1 N–H and O–H groups in total. The van der Waals surface area contributed by atoms with Gasteiger partial charge in [0, 0.05) is 31.9 Å². The average Bonchev–Trinajstić information content (AvgIpc) is 2.90. The van der Waals surface area contributed by atoms with Gasteiger partial charge in [0.15, 0.2) is 5.57 Å². The molecule has 0 atom stereocenters. The maximum Gasteiger partial charge on any atom is 0.350 e. The van der Waals surface area contributed by atoms with Gasteiger partial charge in [0.05, 0.1) is 17.8 Å². The van der Waals surface area contributed by atoms with Crippen LogP contribution in [-0.2, 0) is 25.6 Å². The lowest BCUT2D eigenvalue weighted by Gasteiger charge is -2.29. The van der Waals surface area contributed by atoms with Crippen LogP contribution in [0.4, 0.5) is 5.69 Å². The Morgan fingerprint density at radius 3 is 2.64 bits per heavy atom. The van der Waals surface area contributed by atoms with Crippen molar-refractivity contribution in [2.24, 2.45) is 0 Å². The zero-order chi connectivity index (χ0) is 18.0. The third kappa shape index (κ3) is 4.19. The van der Waals surface area contributed by atoms with Gasteiger partial charge in [0.25, 0.3) is 5.79 Å². The van der Waals surface area contributed by atoms with Gasteiger partial charge in [-0.1, -0.05) is 23.7 Å². The number of cyclic esters (lactones) is 2. The maximum atomic E-state index is 11.9. The van der Waals surface area contributed by atoms with Crippen LogP contribution in [0.5, 0.6) is 0 Å². The van der Waals surface area contributed by atoms with E-state index < -0.39 is 17.7 Å². The van der Waals surface area contributed by atoms with Crippen molar-refractivity contribution >= 4 is 29.2 Å². The number of anilines is 1. The Morgan fingerprint density at radius 1 is 1.28 bits per heavy atom. The third-order valence-electron chi connectivity index (χ3n) is 3.37. The molecule has 7 nitrogen and oxygen atoms in total. The van der Waals surface area contributed by atoms with Crippen LogP contribution in [0.1, 0.15) is 19.4 Å².